The smallest absolute Gasteiger partial charge is 0.322 e. The van der Waals surface area contributed by atoms with Gasteiger partial charge < -0.3 is 19.4 Å². The lowest BCUT2D eigenvalue weighted by Crippen LogP contribution is -2.45. The molecule has 0 saturated carbocycles. The fraction of sp³-hybridized carbons (Fsp3) is 0.250. The molecular weight excluding hydrogens is 324 g/mol. The summed E-state index contributed by atoms with van der Waals surface area (Å²) in [6, 6.07) is 6.79. The van der Waals surface area contributed by atoms with E-state index in [1.165, 1.54) is 12.6 Å². The maximum Gasteiger partial charge on any atom is 0.322 e. The molecule has 2 aromatic heterocycles. The van der Waals surface area contributed by atoms with Crippen LogP contribution in [0.15, 0.2) is 47.5 Å². The molecule has 9 nitrogen and oxygen atoms in total. The first kappa shape index (κ1) is 15.3. The van der Waals surface area contributed by atoms with Gasteiger partial charge in [0.2, 0.25) is 5.89 Å². The van der Waals surface area contributed by atoms with Crippen molar-refractivity contribution < 1.29 is 13.9 Å². The fourth-order valence-electron chi connectivity index (χ4n) is 2.71. The summed E-state index contributed by atoms with van der Waals surface area (Å²) in [7, 11) is 0. The predicted octanol–water partition coefficient (Wildman–Crippen LogP) is 2.07. The average molecular weight is 340 g/mol. The van der Waals surface area contributed by atoms with Gasteiger partial charge in [-0.3, -0.25) is 5.10 Å². The zero-order chi connectivity index (χ0) is 17.1. The normalized spacial score (nSPS) is 17.4. The number of amides is 2. The van der Waals surface area contributed by atoms with Gasteiger partial charge in [-0.2, -0.15) is 5.10 Å². The number of oxazole rings is 1. The van der Waals surface area contributed by atoms with E-state index in [1.54, 1.807) is 23.2 Å². The van der Waals surface area contributed by atoms with Gasteiger partial charge in [-0.15, -0.1) is 0 Å². The van der Waals surface area contributed by atoms with Crippen molar-refractivity contribution in [3.63, 3.8) is 0 Å². The number of rotatable bonds is 3. The van der Waals surface area contributed by atoms with E-state index < -0.39 is 0 Å². The number of hydrogen-bond donors (Lipinski definition) is 2. The van der Waals surface area contributed by atoms with Crippen molar-refractivity contribution in [2.75, 3.05) is 25.1 Å². The Morgan fingerprint density at radius 3 is 2.88 bits per heavy atom. The molecule has 1 atom stereocenters. The number of morpholine rings is 1. The number of carbonyl (C=O) groups is 1. The van der Waals surface area contributed by atoms with Gasteiger partial charge in [-0.05, 0) is 24.3 Å². The van der Waals surface area contributed by atoms with Crippen molar-refractivity contribution in [3.05, 3.63) is 48.9 Å². The van der Waals surface area contributed by atoms with Gasteiger partial charge in [-0.1, -0.05) is 0 Å². The molecule has 1 fully saturated rings. The molecule has 0 bridgehead atoms. The van der Waals surface area contributed by atoms with Crippen molar-refractivity contribution in [2.24, 2.45) is 0 Å². The second-order valence-corrected chi connectivity index (χ2v) is 5.50. The van der Waals surface area contributed by atoms with Crippen molar-refractivity contribution in [3.8, 4) is 11.5 Å². The standard InChI is InChI=1S/C16H16N6O3/c23-16(22-6-8-24-9-13(22)14-18-10-19-21-14)20-12-3-1-11(2-4-12)15-17-5-7-25-15/h1-5,7,10,13H,6,8-9H2,(H,20,23)(H,18,19,21)/t13-/m0/s1. The van der Waals surface area contributed by atoms with Crippen LogP contribution in [0.4, 0.5) is 10.5 Å². The molecule has 3 aromatic rings. The maximum atomic E-state index is 12.7. The molecule has 2 N–H and O–H groups in total. The minimum atomic E-state index is -0.289. The number of carbonyl (C=O) groups excluding carboxylic acids is 1. The van der Waals surface area contributed by atoms with Gasteiger partial charge in [0.1, 0.15) is 24.5 Å². The largest absolute Gasteiger partial charge is 0.445 e. The molecule has 25 heavy (non-hydrogen) atoms. The van der Waals surface area contributed by atoms with Crippen molar-refractivity contribution >= 4 is 11.7 Å². The number of urea groups is 1. The van der Waals surface area contributed by atoms with Gasteiger partial charge >= 0.3 is 6.03 Å². The van der Waals surface area contributed by atoms with Crippen LogP contribution in [-0.4, -0.2) is 50.9 Å². The van der Waals surface area contributed by atoms with Crippen LogP contribution < -0.4 is 5.32 Å². The number of benzene rings is 1. The number of nitrogens with zero attached hydrogens (tertiary/aromatic N) is 4. The van der Waals surface area contributed by atoms with Crippen molar-refractivity contribution in [1.82, 2.24) is 25.1 Å². The first-order valence-electron chi connectivity index (χ1n) is 7.82. The summed E-state index contributed by atoms with van der Waals surface area (Å²) in [4.78, 5) is 22.6. The molecule has 9 heteroatoms. The lowest BCUT2D eigenvalue weighted by Gasteiger charge is -2.34. The van der Waals surface area contributed by atoms with Gasteiger partial charge in [0.05, 0.1) is 19.4 Å². The maximum absolute atomic E-state index is 12.7. The molecule has 1 aliphatic rings. The molecule has 1 aliphatic heterocycles. The van der Waals surface area contributed by atoms with Crippen LogP contribution in [-0.2, 0) is 4.74 Å². The molecule has 128 valence electrons. The third-order valence-corrected chi connectivity index (χ3v) is 3.95. The Kier molecular flexibility index (Phi) is 4.13. The number of nitrogens with one attached hydrogen (secondary N) is 2. The quantitative estimate of drug-likeness (QED) is 0.755. The highest BCUT2D eigenvalue weighted by atomic mass is 16.5. The molecule has 0 spiro atoms. The summed E-state index contributed by atoms with van der Waals surface area (Å²) >= 11 is 0. The average Bonchev–Trinajstić information content (AvgIpc) is 3.36. The van der Waals surface area contributed by atoms with Crippen LogP contribution in [0.1, 0.15) is 11.9 Å². The van der Waals surface area contributed by atoms with E-state index >= 15 is 0 Å². The Morgan fingerprint density at radius 1 is 1.28 bits per heavy atom. The Bertz CT molecular complexity index is 816. The number of anilines is 1. The second-order valence-electron chi connectivity index (χ2n) is 5.50. The molecule has 1 aromatic carbocycles. The molecule has 0 unspecified atom stereocenters. The van der Waals surface area contributed by atoms with E-state index in [4.69, 9.17) is 9.15 Å². The van der Waals surface area contributed by atoms with E-state index in [2.05, 4.69) is 25.5 Å². The summed E-state index contributed by atoms with van der Waals surface area (Å²) in [5.74, 6) is 1.14. The number of H-pyrrole nitrogens is 1. The third kappa shape index (κ3) is 3.22. The van der Waals surface area contributed by atoms with E-state index in [1.807, 2.05) is 12.1 Å². The van der Waals surface area contributed by atoms with Crippen LogP contribution in [0.3, 0.4) is 0 Å². The molecule has 0 aliphatic carbocycles. The first-order valence-corrected chi connectivity index (χ1v) is 7.82. The topological polar surface area (TPSA) is 109 Å². The van der Waals surface area contributed by atoms with Crippen LogP contribution in [0.25, 0.3) is 11.5 Å². The van der Waals surface area contributed by atoms with E-state index in [0.29, 0.717) is 37.2 Å². The number of aromatic amines is 1. The lowest BCUT2D eigenvalue weighted by molar-refractivity contribution is 0.0118. The van der Waals surface area contributed by atoms with E-state index in [0.717, 1.165) is 5.56 Å². The number of hydrogen-bond acceptors (Lipinski definition) is 6. The van der Waals surface area contributed by atoms with Gasteiger partial charge in [0.25, 0.3) is 0 Å². The predicted molar refractivity (Wildman–Crippen MR) is 87.6 cm³/mol. The molecule has 0 radical (unpaired) electrons. The van der Waals surface area contributed by atoms with Gasteiger partial charge in [0, 0.05) is 17.8 Å². The minimum absolute atomic E-state index is 0.214. The van der Waals surface area contributed by atoms with Crippen LogP contribution in [0.5, 0.6) is 0 Å². The number of ether oxygens (including phenoxy) is 1. The molecule has 2 amide bonds. The molecule has 1 saturated heterocycles. The number of aromatic nitrogens is 4. The van der Waals surface area contributed by atoms with Crippen molar-refractivity contribution in [2.45, 2.75) is 6.04 Å². The zero-order valence-electron chi connectivity index (χ0n) is 13.3. The molecule has 4 rings (SSSR count). The summed E-state index contributed by atoms with van der Waals surface area (Å²) in [5.41, 5.74) is 1.53. The molecular formula is C16H16N6O3. The SMILES string of the molecule is O=C(Nc1ccc(-c2ncco2)cc1)N1CCOC[C@H]1c1ncn[nH]1. The zero-order valence-corrected chi connectivity index (χ0v) is 13.3. The highest BCUT2D eigenvalue weighted by Crippen LogP contribution is 2.23. The van der Waals surface area contributed by atoms with Crippen molar-refractivity contribution in [1.29, 1.82) is 0 Å². The second kappa shape index (κ2) is 6.73. The van der Waals surface area contributed by atoms with Crippen LogP contribution in [0, 0.1) is 0 Å². The van der Waals surface area contributed by atoms with E-state index in [-0.39, 0.29) is 12.1 Å². The highest BCUT2D eigenvalue weighted by Gasteiger charge is 2.30. The Morgan fingerprint density at radius 2 is 2.16 bits per heavy atom. The highest BCUT2D eigenvalue weighted by molar-refractivity contribution is 5.89. The van der Waals surface area contributed by atoms with Gasteiger partial charge in [-0.25, -0.2) is 14.8 Å². The van der Waals surface area contributed by atoms with E-state index in [9.17, 15) is 4.79 Å². The van der Waals surface area contributed by atoms with Crippen LogP contribution >= 0.6 is 0 Å². The molecule has 3 heterocycles. The summed E-state index contributed by atoms with van der Waals surface area (Å²) in [6.07, 6.45) is 4.53. The lowest BCUT2D eigenvalue weighted by atomic mass is 10.2. The summed E-state index contributed by atoms with van der Waals surface area (Å²) in [6.45, 7) is 1.35. The summed E-state index contributed by atoms with van der Waals surface area (Å²) in [5, 5.41) is 9.54. The Hall–Kier alpha value is -3.20. The minimum Gasteiger partial charge on any atom is -0.445 e. The third-order valence-electron chi connectivity index (χ3n) is 3.95. The Labute approximate surface area is 143 Å². The monoisotopic (exact) mass is 340 g/mol. The Balaban J connectivity index is 1.47. The first-order chi connectivity index (χ1) is 12.3. The van der Waals surface area contributed by atoms with Crippen LogP contribution in [0.2, 0.25) is 0 Å². The fourth-order valence-corrected chi connectivity index (χ4v) is 2.71. The summed E-state index contributed by atoms with van der Waals surface area (Å²) < 4.78 is 10.7. The van der Waals surface area contributed by atoms with Gasteiger partial charge in [0.15, 0.2) is 0 Å².